The molecule has 22 heavy (non-hydrogen) atoms. The van der Waals surface area contributed by atoms with E-state index in [-0.39, 0.29) is 12.3 Å². The van der Waals surface area contributed by atoms with Gasteiger partial charge in [0.2, 0.25) is 5.91 Å². The monoisotopic (exact) mass is 306 g/mol. The number of alkyl halides is 3. The minimum absolute atomic E-state index is 0.186. The maximum atomic E-state index is 12.4. The molecule has 0 unspecified atom stereocenters. The molecule has 0 saturated carbocycles. The van der Waals surface area contributed by atoms with Crippen LogP contribution in [0.4, 0.5) is 13.2 Å². The summed E-state index contributed by atoms with van der Waals surface area (Å²) in [4.78, 5) is 11.6. The van der Waals surface area contributed by atoms with E-state index in [1.54, 1.807) is 0 Å². The van der Waals surface area contributed by atoms with Gasteiger partial charge in [-0.15, -0.1) is 0 Å². The number of carbonyl (C=O) groups excluding carboxylic acids is 1. The van der Waals surface area contributed by atoms with Crippen LogP contribution in [0.3, 0.4) is 0 Å². The van der Waals surface area contributed by atoms with Crippen molar-refractivity contribution in [1.82, 2.24) is 5.43 Å². The highest BCUT2D eigenvalue weighted by atomic mass is 19.4. The number of rotatable bonds is 4. The number of hydrazone groups is 1. The van der Waals surface area contributed by atoms with Crippen LogP contribution >= 0.6 is 0 Å². The number of halogens is 3. The summed E-state index contributed by atoms with van der Waals surface area (Å²) in [5.74, 6) is -0.297. The first-order valence-electron chi connectivity index (χ1n) is 6.48. The minimum Gasteiger partial charge on any atom is -0.273 e. The van der Waals surface area contributed by atoms with Crippen molar-refractivity contribution in [3.63, 3.8) is 0 Å². The van der Waals surface area contributed by atoms with E-state index in [0.717, 1.165) is 17.7 Å². The SMILES string of the molecule is O=C(Cc1ccccc1)NN=Cc1ccc(C(F)(F)F)cc1. The fourth-order valence-corrected chi connectivity index (χ4v) is 1.76. The number of nitrogens with zero attached hydrogens (tertiary/aromatic N) is 1. The molecule has 114 valence electrons. The van der Waals surface area contributed by atoms with Gasteiger partial charge in [-0.05, 0) is 23.3 Å². The molecule has 0 aromatic heterocycles. The Morgan fingerprint density at radius 1 is 1.05 bits per heavy atom. The molecule has 0 saturated heterocycles. The Labute approximate surface area is 125 Å². The molecule has 3 nitrogen and oxygen atoms in total. The van der Waals surface area contributed by atoms with E-state index in [9.17, 15) is 18.0 Å². The second-order valence-corrected chi connectivity index (χ2v) is 4.58. The second-order valence-electron chi connectivity index (χ2n) is 4.58. The van der Waals surface area contributed by atoms with Gasteiger partial charge in [-0.25, -0.2) is 5.43 Å². The highest BCUT2D eigenvalue weighted by Gasteiger charge is 2.29. The second kappa shape index (κ2) is 6.89. The van der Waals surface area contributed by atoms with Gasteiger partial charge in [0, 0.05) is 0 Å². The molecule has 0 radical (unpaired) electrons. The molecule has 6 heteroatoms. The molecule has 0 bridgehead atoms. The van der Waals surface area contributed by atoms with Crippen LogP contribution < -0.4 is 5.43 Å². The predicted octanol–water partition coefficient (Wildman–Crippen LogP) is 3.40. The van der Waals surface area contributed by atoms with E-state index in [0.29, 0.717) is 5.56 Å². The van der Waals surface area contributed by atoms with Crippen LogP contribution in [0.25, 0.3) is 0 Å². The Bertz CT molecular complexity index is 649. The number of hydrogen-bond donors (Lipinski definition) is 1. The number of carbonyl (C=O) groups is 1. The highest BCUT2D eigenvalue weighted by Crippen LogP contribution is 2.28. The van der Waals surface area contributed by atoms with E-state index < -0.39 is 11.7 Å². The van der Waals surface area contributed by atoms with Gasteiger partial charge in [-0.3, -0.25) is 4.79 Å². The quantitative estimate of drug-likeness (QED) is 0.682. The first-order valence-corrected chi connectivity index (χ1v) is 6.48. The van der Waals surface area contributed by atoms with Crippen LogP contribution in [0.2, 0.25) is 0 Å². The molecule has 0 spiro atoms. The van der Waals surface area contributed by atoms with Gasteiger partial charge in [0.15, 0.2) is 0 Å². The minimum atomic E-state index is -4.36. The maximum Gasteiger partial charge on any atom is 0.416 e. The largest absolute Gasteiger partial charge is 0.416 e. The molecule has 2 aromatic carbocycles. The van der Waals surface area contributed by atoms with Crippen LogP contribution in [0.1, 0.15) is 16.7 Å². The lowest BCUT2D eigenvalue weighted by atomic mass is 10.1. The van der Waals surface area contributed by atoms with Gasteiger partial charge < -0.3 is 0 Å². The Balaban J connectivity index is 1.88. The summed E-state index contributed by atoms with van der Waals surface area (Å²) in [6, 6.07) is 13.6. The summed E-state index contributed by atoms with van der Waals surface area (Å²) in [5, 5.41) is 3.72. The van der Waals surface area contributed by atoms with Crippen molar-refractivity contribution < 1.29 is 18.0 Å². The van der Waals surface area contributed by atoms with Crippen molar-refractivity contribution >= 4 is 12.1 Å². The highest BCUT2D eigenvalue weighted by molar-refractivity contribution is 5.83. The van der Waals surface area contributed by atoms with Gasteiger partial charge in [0.05, 0.1) is 18.2 Å². The van der Waals surface area contributed by atoms with E-state index in [2.05, 4.69) is 10.5 Å². The average molecular weight is 306 g/mol. The molecule has 0 aliphatic carbocycles. The van der Waals surface area contributed by atoms with Crippen molar-refractivity contribution in [2.75, 3.05) is 0 Å². The van der Waals surface area contributed by atoms with Crippen LogP contribution in [-0.2, 0) is 17.4 Å². The van der Waals surface area contributed by atoms with Gasteiger partial charge in [-0.2, -0.15) is 18.3 Å². The number of hydrogen-bond acceptors (Lipinski definition) is 2. The topological polar surface area (TPSA) is 41.5 Å². The summed E-state index contributed by atoms with van der Waals surface area (Å²) in [7, 11) is 0. The smallest absolute Gasteiger partial charge is 0.273 e. The van der Waals surface area contributed by atoms with Gasteiger partial charge in [-0.1, -0.05) is 42.5 Å². The lowest BCUT2D eigenvalue weighted by Crippen LogP contribution is -2.19. The maximum absolute atomic E-state index is 12.4. The standard InChI is InChI=1S/C16H13F3N2O/c17-16(18,19)14-8-6-13(7-9-14)11-20-21-15(22)10-12-4-2-1-3-5-12/h1-9,11H,10H2,(H,21,22). The molecular weight excluding hydrogens is 293 g/mol. The van der Waals surface area contributed by atoms with Crippen molar-refractivity contribution in [3.8, 4) is 0 Å². The molecule has 2 rings (SSSR count). The summed E-state index contributed by atoms with van der Waals surface area (Å²) >= 11 is 0. The van der Waals surface area contributed by atoms with Crippen molar-refractivity contribution in [2.45, 2.75) is 12.6 Å². The van der Waals surface area contributed by atoms with Crippen molar-refractivity contribution in [3.05, 3.63) is 71.3 Å². The lowest BCUT2D eigenvalue weighted by molar-refractivity contribution is -0.137. The van der Waals surface area contributed by atoms with Crippen LogP contribution in [0.15, 0.2) is 59.7 Å². The Morgan fingerprint density at radius 2 is 1.68 bits per heavy atom. The zero-order valence-electron chi connectivity index (χ0n) is 11.5. The molecule has 0 atom stereocenters. The Hall–Kier alpha value is -2.63. The van der Waals surface area contributed by atoms with Crippen molar-refractivity contribution in [1.29, 1.82) is 0 Å². The molecule has 0 aliphatic rings. The molecule has 0 fully saturated rings. The lowest BCUT2D eigenvalue weighted by Gasteiger charge is -2.05. The fraction of sp³-hybridized carbons (Fsp3) is 0.125. The number of amides is 1. The zero-order valence-corrected chi connectivity index (χ0v) is 11.5. The summed E-state index contributed by atoms with van der Waals surface area (Å²) < 4.78 is 37.2. The van der Waals surface area contributed by atoms with Gasteiger partial charge in [0.25, 0.3) is 0 Å². The normalized spacial score (nSPS) is 11.6. The summed E-state index contributed by atoms with van der Waals surface area (Å²) in [6.45, 7) is 0. The zero-order chi connectivity index (χ0) is 16.0. The van der Waals surface area contributed by atoms with E-state index in [1.807, 2.05) is 30.3 Å². The number of benzene rings is 2. The fourth-order valence-electron chi connectivity index (χ4n) is 1.76. The van der Waals surface area contributed by atoms with E-state index in [1.165, 1.54) is 18.3 Å². The first-order chi connectivity index (χ1) is 10.4. The van der Waals surface area contributed by atoms with Crippen LogP contribution in [0, 0.1) is 0 Å². The molecule has 1 amide bonds. The third-order valence-electron chi connectivity index (χ3n) is 2.85. The molecule has 0 heterocycles. The first kappa shape index (κ1) is 15.8. The average Bonchev–Trinajstić information content (AvgIpc) is 2.48. The Kier molecular flexibility index (Phi) is 4.93. The van der Waals surface area contributed by atoms with Gasteiger partial charge >= 0.3 is 6.18 Å². The molecule has 2 aromatic rings. The van der Waals surface area contributed by atoms with Crippen molar-refractivity contribution in [2.24, 2.45) is 5.10 Å². The summed E-state index contributed by atoms with van der Waals surface area (Å²) in [5.41, 5.74) is 2.93. The predicted molar refractivity (Wildman–Crippen MR) is 77.3 cm³/mol. The molecule has 0 aliphatic heterocycles. The Morgan fingerprint density at radius 3 is 2.27 bits per heavy atom. The van der Waals surface area contributed by atoms with E-state index >= 15 is 0 Å². The third-order valence-corrected chi connectivity index (χ3v) is 2.85. The van der Waals surface area contributed by atoms with E-state index in [4.69, 9.17) is 0 Å². The van der Waals surface area contributed by atoms with Gasteiger partial charge in [0.1, 0.15) is 0 Å². The molecular formula is C16H13F3N2O. The number of nitrogens with one attached hydrogen (secondary N) is 1. The van der Waals surface area contributed by atoms with Crippen LogP contribution in [-0.4, -0.2) is 12.1 Å². The van der Waals surface area contributed by atoms with Crippen LogP contribution in [0.5, 0.6) is 0 Å². The molecule has 1 N–H and O–H groups in total. The summed E-state index contributed by atoms with van der Waals surface area (Å²) in [6.07, 6.45) is -2.88. The third kappa shape index (κ3) is 4.73.